The van der Waals surface area contributed by atoms with Crippen LogP contribution in [0.15, 0.2) is 49.4 Å². The van der Waals surface area contributed by atoms with Crippen LogP contribution in [-0.4, -0.2) is 41.7 Å². The van der Waals surface area contributed by atoms with Gasteiger partial charge in [-0.05, 0) is 37.8 Å². The highest BCUT2D eigenvalue weighted by Gasteiger charge is 2.24. The van der Waals surface area contributed by atoms with Crippen molar-refractivity contribution >= 4 is 5.91 Å². The van der Waals surface area contributed by atoms with Crippen molar-refractivity contribution in [3.05, 3.63) is 55.0 Å². The fraction of sp³-hybridized carbons (Fsp3) is 0.333. The molecule has 1 saturated carbocycles. The Hall–Kier alpha value is -3.16. The first-order valence-corrected chi connectivity index (χ1v) is 8.68. The van der Waals surface area contributed by atoms with E-state index in [2.05, 4.69) is 30.5 Å². The smallest absolute Gasteiger partial charge is 0.254 e. The third-order valence-corrected chi connectivity index (χ3v) is 4.70. The lowest BCUT2D eigenvalue weighted by atomic mass is 9.91. The average molecular weight is 349 g/mol. The van der Waals surface area contributed by atoms with Gasteiger partial charge in [0.25, 0.3) is 5.91 Å². The largest absolute Gasteiger partial charge is 0.349 e. The third-order valence-electron chi connectivity index (χ3n) is 4.70. The number of amides is 1. The van der Waals surface area contributed by atoms with Crippen LogP contribution >= 0.6 is 0 Å². The van der Waals surface area contributed by atoms with Crippen molar-refractivity contribution in [2.45, 2.75) is 37.8 Å². The van der Waals surface area contributed by atoms with E-state index in [0.29, 0.717) is 23.1 Å². The molecule has 0 aromatic carbocycles. The summed E-state index contributed by atoms with van der Waals surface area (Å²) in [6, 6.07) is 6.14. The summed E-state index contributed by atoms with van der Waals surface area (Å²) >= 11 is 0. The maximum Gasteiger partial charge on any atom is 0.254 e. The number of aromatic nitrogens is 6. The number of carbonyl (C=O) groups excluding carboxylic acids is 1. The summed E-state index contributed by atoms with van der Waals surface area (Å²) in [7, 11) is 0. The molecule has 3 heterocycles. The van der Waals surface area contributed by atoms with Crippen LogP contribution in [-0.2, 0) is 0 Å². The molecular weight excluding hydrogens is 330 g/mol. The van der Waals surface area contributed by atoms with E-state index < -0.39 is 0 Å². The zero-order chi connectivity index (χ0) is 17.8. The third kappa shape index (κ3) is 3.58. The predicted octanol–water partition coefficient (Wildman–Crippen LogP) is 2.04. The zero-order valence-electron chi connectivity index (χ0n) is 14.2. The highest BCUT2D eigenvalue weighted by Crippen LogP contribution is 2.28. The summed E-state index contributed by atoms with van der Waals surface area (Å²) in [6.45, 7) is 0. The Morgan fingerprint density at radius 1 is 1.00 bits per heavy atom. The monoisotopic (exact) mass is 349 g/mol. The van der Waals surface area contributed by atoms with E-state index in [1.54, 1.807) is 31.2 Å². The molecule has 1 fully saturated rings. The molecule has 0 radical (unpaired) electrons. The number of carbonyl (C=O) groups is 1. The highest BCUT2D eigenvalue weighted by atomic mass is 16.1. The average Bonchev–Trinajstić information content (AvgIpc) is 3.24. The number of rotatable bonds is 4. The lowest BCUT2D eigenvalue weighted by Gasteiger charge is -2.29. The van der Waals surface area contributed by atoms with Gasteiger partial charge in [-0.3, -0.25) is 9.78 Å². The van der Waals surface area contributed by atoms with Crippen LogP contribution in [0.1, 0.15) is 42.1 Å². The predicted molar refractivity (Wildman–Crippen MR) is 94.0 cm³/mol. The van der Waals surface area contributed by atoms with Gasteiger partial charge in [-0.15, -0.1) is 10.2 Å². The van der Waals surface area contributed by atoms with Crippen molar-refractivity contribution < 1.29 is 4.79 Å². The number of hydrogen-bond acceptors (Lipinski definition) is 6. The molecule has 0 spiro atoms. The van der Waals surface area contributed by atoms with Gasteiger partial charge in [0.15, 0.2) is 5.82 Å². The van der Waals surface area contributed by atoms with Gasteiger partial charge in [0.2, 0.25) is 0 Å². The maximum atomic E-state index is 12.4. The van der Waals surface area contributed by atoms with E-state index in [9.17, 15) is 4.79 Å². The minimum atomic E-state index is -0.134. The Balaban J connectivity index is 1.34. The van der Waals surface area contributed by atoms with Gasteiger partial charge in [-0.25, -0.2) is 9.97 Å². The van der Waals surface area contributed by atoms with E-state index in [-0.39, 0.29) is 11.9 Å². The fourth-order valence-electron chi connectivity index (χ4n) is 3.26. The number of nitrogens with one attached hydrogen (secondary N) is 1. The van der Waals surface area contributed by atoms with Crippen molar-refractivity contribution in [3.63, 3.8) is 0 Å². The zero-order valence-corrected chi connectivity index (χ0v) is 14.2. The van der Waals surface area contributed by atoms with Gasteiger partial charge in [0.05, 0.1) is 5.56 Å². The molecule has 1 aliphatic carbocycles. The van der Waals surface area contributed by atoms with Crippen molar-refractivity contribution in [1.82, 2.24) is 35.0 Å². The molecule has 132 valence electrons. The highest BCUT2D eigenvalue weighted by molar-refractivity contribution is 5.93. The standard InChI is InChI=1S/C18H19N7O/c26-18(13-9-20-17(21-10-13)16-3-1-2-8-19-16)24-14-4-6-15(7-5-14)25-11-22-23-12-25/h1-3,8-12,14-15H,4-7H2,(H,24,26). The van der Waals surface area contributed by atoms with E-state index in [1.807, 2.05) is 22.8 Å². The molecule has 26 heavy (non-hydrogen) atoms. The minimum absolute atomic E-state index is 0.134. The van der Waals surface area contributed by atoms with E-state index >= 15 is 0 Å². The van der Waals surface area contributed by atoms with Gasteiger partial charge in [0, 0.05) is 30.7 Å². The molecule has 0 bridgehead atoms. The topological polar surface area (TPSA) is 98.5 Å². The first kappa shape index (κ1) is 16.3. The van der Waals surface area contributed by atoms with Crippen LogP contribution in [0.25, 0.3) is 11.5 Å². The van der Waals surface area contributed by atoms with Crippen molar-refractivity contribution in [2.75, 3.05) is 0 Å². The molecule has 1 N–H and O–H groups in total. The van der Waals surface area contributed by atoms with Gasteiger partial charge in [-0.2, -0.15) is 0 Å². The van der Waals surface area contributed by atoms with E-state index in [0.717, 1.165) is 25.7 Å². The molecular formula is C18H19N7O. The van der Waals surface area contributed by atoms with E-state index in [4.69, 9.17) is 0 Å². The molecule has 1 aliphatic rings. The van der Waals surface area contributed by atoms with Gasteiger partial charge in [-0.1, -0.05) is 6.07 Å². The molecule has 0 saturated heterocycles. The first-order chi connectivity index (χ1) is 12.8. The summed E-state index contributed by atoms with van der Waals surface area (Å²) in [6.07, 6.45) is 12.2. The van der Waals surface area contributed by atoms with Gasteiger partial charge in [0.1, 0.15) is 18.3 Å². The molecule has 1 amide bonds. The van der Waals surface area contributed by atoms with Gasteiger partial charge >= 0.3 is 0 Å². The summed E-state index contributed by atoms with van der Waals surface area (Å²) in [5.74, 6) is 0.377. The van der Waals surface area contributed by atoms with E-state index in [1.165, 1.54) is 0 Å². The number of hydrogen-bond donors (Lipinski definition) is 1. The Morgan fingerprint density at radius 3 is 2.38 bits per heavy atom. The number of pyridine rings is 1. The second-order valence-corrected chi connectivity index (χ2v) is 6.40. The number of nitrogens with zero attached hydrogens (tertiary/aromatic N) is 6. The Bertz CT molecular complexity index is 841. The van der Waals surface area contributed by atoms with Crippen LogP contribution in [0.5, 0.6) is 0 Å². The summed E-state index contributed by atoms with van der Waals surface area (Å²) in [5, 5.41) is 10.8. The van der Waals surface area contributed by atoms with Crippen LogP contribution in [0.4, 0.5) is 0 Å². The Kier molecular flexibility index (Phi) is 4.63. The van der Waals surface area contributed by atoms with Crippen LogP contribution in [0.3, 0.4) is 0 Å². The molecule has 3 aromatic rings. The molecule has 4 rings (SSSR count). The van der Waals surface area contributed by atoms with Crippen LogP contribution in [0, 0.1) is 0 Å². The lowest BCUT2D eigenvalue weighted by molar-refractivity contribution is 0.0921. The van der Waals surface area contributed by atoms with Crippen molar-refractivity contribution in [2.24, 2.45) is 0 Å². The molecule has 0 aliphatic heterocycles. The first-order valence-electron chi connectivity index (χ1n) is 8.68. The van der Waals surface area contributed by atoms with Crippen molar-refractivity contribution in [3.8, 4) is 11.5 Å². The normalized spacial score (nSPS) is 19.8. The molecule has 0 atom stereocenters. The van der Waals surface area contributed by atoms with Crippen LogP contribution in [0.2, 0.25) is 0 Å². The summed E-state index contributed by atoms with van der Waals surface area (Å²) in [5.41, 5.74) is 1.15. The summed E-state index contributed by atoms with van der Waals surface area (Å²) < 4.78 is 2.04. The molecule has 8 nitrogen and oxygen atoms in total. The van der Waals surface area contributed by atoms with Crippen LogP contribution < -0.4 is 5.32 Å². The second-order valence-electron chi connectivity index (χ2n) is 6.40. The second kappa shape index (κ2) is 7.38. The maximum absolute atomic E-state index is 12.4. The summed E-state index contributed by atoms with van der Waals surface area (Å²) in [4.78, 5) is 25.2. The van der Waals surface area contributed by atoms with Gasteiger partial charge < -0.3 is 9.88 Å². The SMILES string of the molecule is O=C(NC1CCC(n2cnnc2)CC1)c1cnc(-c2ccccn2)nc1. The van der Waals surface area contributed by atoms with Crippen molar-refractivity contribution in [1.29, 1.82) is 0 Å². The lowest BCUT2D eigenvalue weighted by Crippen LogP contribution is -2.38. The minimum Gasteiger partial charge on any atom is -0.349 e. The quantitative estimate of drug-likeness (QED) is 0.774. The Labute approximate surface area is 150 Å². The molecule has 0 unspecified atom stereocenters. The fourth-order valence-corrected chi connectivity index (χ4v) is 3.26. The molecule has 8 heteroatoms. The Morgan fingerprint density at radius 2 is 1.73 bits per heavy atom. The molecule has 3 aromatic heterocycles.